The van der Waals surface area contributed by atoms with Crippen LogP contribution in [0.15, 0.2) is 40.9 Å². The lowest BCUT2D eigenvalue weighted by atomic mass is 9.94. The summed E-state index contributed by atoms with van der Waals surface area (Å²) in [4.78, 5) is 0. The molecule has 106 valence electrons. The van der Waals surface area contributed by atoms with E-state index in [1.807, 2.05) is 13.0 Å². The highest BCUT2D eigenvalue weighted by Gasteiger charge is 2.18. The van der Waals surface area contributed by atoms with E-state index in [1.54, 1.807) is 6.07 Å². The van der Waals surface area contributed by atoms with Crippen LogP contribution in [0.4, 0.5) is 4.39 Å². The molecule has 0 aliphatic rings. The molecule has 0 fully saturated rings. The van der Waals surface area contributed by atoms with Gasteiger partial charge in [-0.1, -0.05) is 47.1 Å². The molecule has 0 radical (unpaired) electrons. The van der Waals surface area contributed by atoms with Crippen molar-refractivity contribution in [2.24, 2.45) is 0 Å². The van der Waals surface area contributed by atoms with E-state index in [9.17, 15) is 4.39 Å². The van der Waals surface area contributed by atoms with Crippen molar-refractivity contribution in [2.45, 2.75) is 26.8 Å². The number of hydrogen-bond acceptors (Lipinski definition) is 1. The summed E-state index contributed by atoms with van der Waals surface area (Å²) in [6.07, 6.45) is 0. The highest BCUT2D eigenvalue weighted by molar-refractivity contribution is 9.10. The predicted octanol–water partition coefficient (Wildman–Crippen LogP) is 4.90. The van der Waals surface area contributed by atoms with Crippen LogP contribution in [0.3, 0.4) is 0 Å². The van der Waals surface area contributed by atoms with Gasteiger partial charge in [0, 0.05) is 4.47 Å². The van der Waals surface area contributed by atoms with Crippen LogP contribution >= 0.6 is 15.9 Å². The van der Waals surface area contributed by atoms with Crippen molar-refractivity contribution in [1.29, 1.82) is 0 Å². The third-order valence-electron chi connectivity index (χ3n) is 3.48. The van der Waals surface area contributed by atoms with Gasteiger partial charge in [-0.05, 0) is 54.8 Å². The lowest BCUT2D eigenvalue weighted by Gasteiger charge is -2.23. The van der Waals surface area contributed by atoms with Crippen LogP contribution in [0.2, 0.25) is 0 Å². The minimum atomic E-state index is -0.190. The maximum absolute atomic E-state index is 13.3. The smallest absolute Gasteiger partial charge is 0.123 e. The molecule has 0 aliphatic carbocycles. The van der Waals surface area contributed by atoms with Crippen molar-refractivity contribution in [3.8, 4) is 0 Å². The van der Waals surface area contributed by atoms with Crippen LogP contribution in [0.25, 0.3) is 0 Å². The van der Waals surface area contributed by atoms with E-state index in [1.165, 1.54) is 17.2 Å². The number of halogens is 2. The molecule has 3 heteroatoms. The molecule has 1 N–H and O–H groups in total. The van der Waals surface area contributed by atoms with Gasteiger partial charge in [-0.2, -0.15) is 0 Å². The molecule has 0 amide bonds. The Hall–Kier alpha value is -1.19. The lowest BCUT2D eigenvalue weighted by Crippen LogP contribution is -2.23. The Morgan fingerprint density at radius 2 is 1.85 bits per heavy atom. The second-order valence-electron chi connectivity index (χ2n) is 4.97. The van der Waals surface area contributed by atoms with Gasteiger partial charge in [-0.15, -0.1) is 0 Å². The Kier molecular flexibility index (Phi) is 4.95. The summed E-state index contributed by atoms with van der Waals surface area (Å²) in [5, 5.41) is 3.49. The predicted molar refractivity (Wildman–Crippen MR) is 85.5 cm³/mol. The minimum absolute atomic E-state index is 0.0647. The topological polar surface area (TPSA) is 12.0 Å². The Morgan fingerprint density at radius 1 is 1.10 bits per heavy atom. The van der Waals surface area contributed by atoms with Gasteiger partial charge in [-0.25, -0.2) is 4.39 Å². The molecule has 2 aromatic rings. The molecule has 0 aromatic heterocycles. The van der Waals surface area contributed by atoms with Gasteiger partial charge in [0.05, 0.1) is 6.04 Å². The van der Waals surface area contributed by atoms with Crippen molar-refractivity contribution in [2.75, 3.05) is 6.54 Å². The fourth-order valence-corrected chi connectivity index (χ4v) is 2.94. The summed E-state index contributed by atoms with van der Waals surface area (Å²) in [5.41, 5.74) is 4.45. The maximum atomic E-state index is 13.3. The molecule has 0 heterocycles. The molecule has 0 saturated heterocycles. The van der Waals surface area contributed by atoms with Crippen LogP contribution in [-0.4, -0.2) is 6.54 Å². The summed E-state index contributed by atoms with van der Waals surface area (Å²) in [5.74, 6) is -0.190. The highest BCUT2D eigenvalue weighted by atomic mass is 79.9. The second-order valence-corrected chi connectivity index (χ2v) is 5.76. The van der Waals surface area contributed by atoms with Crippen molar-refractivity contribution < 1.29 is 4.39 Å². The summed E-state index contributed by atoms with van der Waals surface area (Å²) >= 11 is 3.67. The zero-order valence-electron chi connectivity index (χ0n) is 12.0. The van der Waals surface area contributed by atoms with Gasteiger partial charge in [0.25, 0.3) is 0 Å². The highest BCUT2D eigenvalue weighted by Crippen LogP contribution is 2.32. The summed E-state index contributed by atoms with van der Waals surface area (Å²) in [6, 6.07) is 11.3. The molecule has 20 heavy (non-hydrogen) atoms. The number of rotatable bonds is 4. The summed E-state index contributed by atoms with van der Waals surface area (Å²) in [6.45, 7) is 6.96. The Balaban J connectivity index is 2.53. The first-order valence-electron chi connectivity index (χ1n) is 6.79. The quantitative estimate of drug-likeness (QED) is 0.837. The maximum Gasteiger partial charge on any atom is 0.123 e. The Labute approximate surface area is 128 Å². The average Bonchev–Trinajstić information content (AvgIpc) is 2.40. The Morgan fingerprint density at radius 3 is 2.50 bits per heavy atom. The molecule has 0 aliphatic heterocycles. The lowest BCUT2D eigenvalue weighted by molar-refractivity contribution is 0.608. The van der Waals surface area contributed by atoms with Crippen LogP contribution in [0, 0.1) is 19.7 Å². The summed E-state index contributed by atoms with van der Waals surface area (Å²) in [7, 11) is 0. The monoisotopic (exact) mass is 335 g/mol. The number of hydrogen-bond donors (Lipinski definition) is 1. The third kappa shape index (κ3) is 3.10. The zero-order chi connectivity index (χ0) is 14.7. The van der Waals surface area contributed by atoms with E-state index in [4.69, 9.17) is 0 Å². The van der Waals surface area contributed by atoms with E-state index in [2.05, 4.69) is 53.3 Å². The molecule has 0 spiro atoms. The zero-order valence-corrected chi connectivity index (χ0v) is 13.6. The van der Waals surface area contributed by atoms with E-state index in [0.717, 1.165) is 22.1 Å². The second kappa shape index (κ2) is 6.51. The van der Waals surface area contributed by atoms with Crippen molar-refractivity contribution in [1.82, 2.24) is 5.32 Å². The van der Waals surface area contributed by atoms with Gasteiger partial charge in [-0.3, -0.25) is 0 Å². The first-order valence-corrected chi connectivity index (χ1v) is 7.58. The molecule has 2 aromatic carbocycles. The molecule has 1 unspecified atom stereocenters. The van der Waals surface area contributed by atoms with Gasteiger partial charge < -0.3 is 5.32 Å². The Bertz CT molecular complexity index is 610. The molecular weight excluding hydrogens is 317 g/mol. The van der Waals surface area contributed by atoms with Crippen LogP contribution in [-0.2, 0) is 0 Å². The molecule has 1 nitrogen and oxygen atoms in total. The van der Waals surface area contributed by atoms with Crippen LogP contribution in [0.5, 0.6) is 0 Å². The van der Waals surface area contributed by atoms with Crippen LogP contribution in [0.1, 0.15) is 35.2 Å². The minimum Gasteiger partial charge on any atom is -0.306 e. The van der Waals surface area contributed by atoms with Gasteiger partial charge in [0.1, 0.15) is 5.82 Å². The standard InChI is InChI=1S/C17H19BrFN/c1-4-20-17(14-9-8-13(19)10-12(14)3)15-7-5-6-11(2)16(15)18/h5-10,17,20H,4H2,1-3H3. The normalized spacial score (nSPS) is 12.4. The van der Waals surface area contributed by atoms with Crippen LogP contribution < -0.4 is 5.32 Å². The first kappa shape index (κ1) is 15.2. The number of benzene rings is 2. The number of nitrogens with one attached hydrogen (secondary N) is 1. The van der Waals surface area contributed by atoms with Gasteiger partial charge in [0.2, 0.25) is 0 Å². The van der Waals surface area contributed by atoms with Crippen molar-refractivity contribution >= 4 is 15.9 Å². The summed E-state index contributed by atoms with van der Waals surface area (Å²) < 4.78 is 14.4. The molecule has 1 atom stereocenters. The largest absolute Gasteiger partial charge is 0.306 e. The molecule has 0 saturated carbocycles. The van der Waals surface area contributed by atoms with Gasteiger partial charge >= 0.3 is 0 Å². The fourth-order valence-electron chi connectivity index (χ4n) is 2.45. The third-order valence-corrected chi connectivity index (χ3v) is 4.57. The number of aryl methyl sites for hydroxylation is 2. The van der Waals surface area contributed by atoms with E-state index < -0.39 is 0 Å². The van der Waals surface area contributed by atoms with Gasteiger partial charge in [0.15, 0.2) is 0 Å². The van der Waals surface area contributed by atoms with Crippen molar-refractivity contribution in [3.05, 3.63) is 68.9 Å². The molecular formula is C17H19BrFN. The SMILES string of the molecule is CCNC(c1ccc(F)cc1C)c1cccc(C)c1Br. The van der Waals surface area contributed by atoms with E-state index >= 15 is 0 Å². The molecule has 2 rings (SSSR count). The fraction of sp³-hybridized carbons (Fsp3) is 0.294. The van der Waals surface area contributed by atoms with E-state index in [-0.39, 0.29) is 11.9 Å². The molecule has 0 bridgehead atoms. The van der Waals surface area contributed by atoms with E-state index in [0.29, 0.717) is 0 Å². The average molecular weight is 336 g/mol. The van der Waals surface area contributed by atoms with Crippen molar-refractivity contribution in [3.63, 3.8) is 0 Å². The first-order chi connectivity index (χ1) is 9.54.